The summed E-state index contributed by atoms with van der Waals surface area (Å²) in [5, 5.41) is 9.48. The fourth-order valence-corrected chi connectivity index (χ4v) is 4.55. The number of aliphatic carboxylic acids is 1. The van der Waals surface area contributed by atoms with Crippen LogP contribution >= 0.6 is 0 Å². The van der Waals surface area contributed by atoms with Gasteiger partial charge in [0.15, 0.2) is 0 Å². The molecule has 1 saturated carbocycles. The highest BCUT2D eigenvalue weighted by Crippen LogP contribution is 2.40. The number of carbonyl (C=O) groups excluding carboxylic acids is 1. The lowest BCUT2D eigenvalue weighted by Gasteiger charge is -2.33. The summed E-state index contributed by atoms with van der Waals surface area (Å²) in [7, 11) is 0. The Morgan fingerprint density at radius 1 is 1.18 bits per heavy atom. The van der Waals surface area contributed by atoms with Crippen LogP contribution in [0.4, 0.5) is 0 Å². The molecule has 0 aromatic heterocycles. The van der Waals surface area contributed by atoms with Gasteiger partial charge in [-0.1, -0.05) is 12.8 Å². The molecule has 1 N–H and O–H groups in total. The molecule has 2 aliphatic heterocycles. The van der Waals surface area contributed by atoms with Crippen molar-refractivity contribution in [3.63, 3.8) is 0 Å². The number of carboxylic acid groups (broad SMARTS) is 1. The maximum Gasteiger partial charge on any atom is 0.326 e. The number of fused-ring (bicyclic) bond motifs is 1. The predicted octanol–water partition coefficient (Wildman–Crippen LogP) is 2.58. The van der Waals surface area contributed by atoms with E-state index < -0.39 is 12.0 Å². The second-order valence-electron chi connectivity index (χ2n) is 7.19. The highest BCUT2D eigenvalue weighted by molar-refractivity contribution is 5.84. The minimum Gasteiger partial charge on any atom is -0.480 e. The summed E-state index contributed by atoms with van der Waals surface area (Å²) in [6.45, 7) is 2.06. The van der Waals surface area contributed by atoms with Gasteiger partial charge >= 0.3 is 5.97 Å². The number of hydrogen-bond acceptors (Lipinski definition) is 3. The van der Waals surface area contributed by atoms with E-state index in [4.69, 9.17) is 4.74 Å². The highest BCUT2D eigenvalue weighted by Gasteiger charge is 2.47. The van der Waals surface area contributed by atoms with Gasteiger partial charge in [-0.15, -0.1) is 0 Å². The van der Waals surface area contributed by atoms with Gasteiger partial charge in [0.25, 0.3) is 0 Å². The lowest BCUT2D eigenvalue weighted by Crippen LogP contribution is -2.46. The lowest BCUT2D eigenvalue weighted by molar-refractivity contribution is -0.150. The molecule has 0 radical (unpaired) electrons. The van der Waals surface area contributed by atoms with Crippen molar-refractivity contribution in [2.24, 2.45) is 5.92 Å². The number of amides is 1. The molecule has 3 rings (SSSR count). The Kier molecular flexibility index (Phi) is 4.71. The van der Waals surface area contributed by atoms with E-state index in [9.17, 15) is 14.7 Å². The second-order valence-corrected chi connectivity index (χ2v) is 7.19. The number of carboxylic acids is 1. The number of carbonyl (C=O) groups is 2. The van der Waals surface area contributed by atoms with E-state index in [2.05, 4.69) is 6.92 Å². The van der Waals surface area contributed by atoms with Crippen LogP contribution in [0, 0.1) is 5.92 Å². The van der Waals surface area contributed by atoms with Gasteiger partial charge in [-0.3, -0.25) is 4.79 Å². The number of rotatable bonds is 4. The Bertz CT molecular complexity index is 438. The third kappa shape index (κ3) is 3.14. The number of hydrogen-bond donors (Lipinski definition) is 1. The highest BCUT2D eigenvalue weighted by atomic mass is 16.5. The Hall–Kier alpha value is -1.10. The van der Waals surface area contributed by atoms with Gasteiger partial charge in [-0.05, 0) is 51.4 Å². The van der Waals surface area contributed by atoms with Crippen LogP contribution in [0.2, 0.25) is 0 Å². The van der Waals surface area contributed by atoms with Crippen molar-refractivity contribution in [1.29, 1.82) is 0 Å². The Morgan fingerprint density at radius 3 is 2.64 bits per heavy atom. The molecule has 0 aromatic carbocycles. The molecule has 0 bridgehead atoms. The van der Waals surface area contributed by atoms with Crippen molar-refractivity contribution in [3.8, 4) is 0 Å². The van der Waals surface area contributed by atoms with Gasteiger partial charge in [0.2, 0.25) is 5.91 Å². The van der Waals surface area contributed by atoms with Crippen molar-refractivity contribution >= 4 is 11.9 Å². The molecule has 3 fully saturated rings. The standard InChI is InChI=1S/C17H27NO4/c1-11-6-7-13(22-11)8-9-16(19)18-14-5-3-2-4-12(14)10-15(18)17(20)21/h11-15H,2-10H2,1H3,(H,20,21). The van der Waals surface area contributed by atoms with Gasteiger partial charge in [-0.2, -0.15) is 0 Å². The smallest absolute Gasteiger partial charge is 0.326 e. The Labute approximate surface area is 132 Å². The van der Waals surface area contributed by atoms with Crippen LogP contribution in [0.3, 0.4) is 0 Å². The zero-order valence-electron chi connectivity index (χ0n) is 13.4. The van der Waals surface area contributed by atoms with Crippen molar-refractivity contribution < 1.29 is 19.4 Å². The van der Waals surface area contributed by atoms with E-state index in [1.165, 1.54) is 6.42 Å². The summed E-state index contributed by atoms with van der Waals surface area (Å²) in [6, 6.07) is -0.449. The predicted molar refractivity (Wildman–Crippen MR) is 81.4 cm³/mol. The average Bonchev–Trinajstić information content (AvgIpc) is 3.08. The van der Waals surface area contributed by atoms with Crippen LogP contribution < -0.4 is 0 Å². The topological polar surface area (TPSA) is 66.8 Å². The largest absolute Gasteiger partial charge is 0.480 e. The SMILES string of the molecule is CC1CCC(CCC(=O)N2C(C(=O)O)CC3CCCCC32)O1. The molecule has 5 atom stereocenters. The maximum absolute atomic E-state index is 12.7. The molecule has 1 amide bonds. The zero-order valence-corrected chi connectivity index (χ0v) is 13.4. The molecule has 3 aliphatic rings. The normalized spacial score (nSPS) is 38.0. The first-order valence-electron chi connectivity index (χ1n) is 8.75. The lowest BCUT2D eigenvalue weighted by atomic mass is 9.84. The van der Waals surface area contributed by atoms with E-state index in [0.29, 0.717) is 24.9 Å². The fourth-order valence-electron chi connectivity index (χ4n) is 4.55. The minimum atomic E-state index is -0.839. The maximum atomic E-state index is 12.7. The van der Waals surface area contributed by atoms with E-state index >= 15 is 0 Å². The monoisotopic (exact) mass is 309 g/mol. The first kappa shape index (κ1) is 15.8. The van der Waals surface area contributed by atoms with Crippen molar-refractivity contribution in [1.82, 2.24) is 4.90 Å². The molecule has 1 aliphatic carbocycles. The molecular formula is C17H27NO4. The van der Waals surface area contributed by atoms with Gasteiger partial charge in [-0.25, -0.2) is 4.79 Å². The van der Waals surface area contributed by atoms with Crippen molar-refractivity contribution in [2.45, 2.75) is 89.0 Å². The van der Waals surface area contributed by atoms with E-state index in [1.807, 2.05) is 0 Å². The molecule has 124 valence electrons. The summed E-state index contributed by atoms with van der Waals surface area (Å²) in [5.74, 6) is -0.431. The molecule has 0 spiro atoms. The summed E-state index contributed by atoms with van der Waals surface area (Å²) >= 11 is 0. The molecule has 2 saturated heterocycles. The Balaban J connectivity index is 1.61. The average molecular weight is 309 g/mol. The first-order valence-corrected chi connectivity index (χ1v) is 8.75. The van der Waals surface area contributed by atoms with Crippen molar-refractivity contribution in [2.75, 3.05) is 0 Å². The summed E-state index contributed by atoms with van der Waals surface area (Å²) in [5.41, 5.74) is 0. The minimum absolute atomic E-state index is 0.0185. The molecule has 2 heterocycles. The van der Waals surface area contributed by atoms with Gasteiger partial charge < -0.3 is 14.7 Å². The van der Waals surface area contributed by atoms with Crippen LogP contribution in [-0.2, 0) is 14.3 Å². The molecule has 0 aromatic rings. The molecule has 5 heteroatoms. The quantitative estimate of drug-likeness (QED) is 0.867. The molecule has 5 nitrogen and oxygen atoms in total. The Morgan fingerprint density at radius 2 is 1.95 bits per heavy atom. The van der Waals surface area contributed by atoms with E-state index in [0.717, 1.165) is 38.5 Å². The molecular weight excluding hydrogens is 282 g/mol. The van der Waals surface area contributed by atoms with Crippen LogP contribution in [0.1, 0.15) is 64.7 Å². The van der Waals surface area contributed by atoms with Crippen LogP contribution in [0.15, 0.2) is 0 Å². The molecule has 22 heavy (non-hydrogen) atoms. The van der Waals surface area contributed by atoms with Crippen LogP contribution in [0.25, 0.3) is 0 Å². The second kappa shape index (κ2) is 6.57. The van der Waals surface area contributed by atoms with Crippen molar-refractivity contribution in [3.05, 3.63) is 0 Å². The zero-order chi connectivity index (χ0) is 15.7. The first-order chi connectivity index (χ1) is 10.6. The third-order valence-electron chi connectivity index (χ3n) is 5.66. The van der Waals surface area contributed by atoms with E-state index in [-0.39, 0.29) is 18.1 Å². The van der Waals surface area contributed by atoms with Gasteiger partial charge in [0, 0.05) is 12.5 Å². The molecule has 5 unspecified atom stereocenters. The van der Waals surface area contributed by atoms with Gasteiger partial charge in [0.05, 0.1) is 12.2 Å². The number of nitrogens with zero attached hydrogens (tertiary/aromatic N) is 1. The van der Waals surface area contributed by atoms with Crippen LogP contribution in [-0.4, -0.2) is 46.2 Å². The fraction of sp³-hybridized carbons (Fsp3) is 0.882. The summed E-state index contributed by atoms with van der Waals surface area (Å²) in [6.07, 6.45) is 8.65. The number of ether oxygens (including phenoxy) is 1. The van der Waals surface area contributed by atoms with Gasteiger partial charge in [0.1, 0.15) is 6.04 Å². The number of likely N-dealkylation sites (tertiary alicyclic amines) is 1. The third-order valence-corrected chi connectivity index (χ3v) is 5.66. The summed E-state index contributed by atoms with van der Waals surface area (Å²) < 4.78 is 5.77. The summed E-state index contributed by atoms with van der Waals surface area (Å²) in [4.78, 5) is 25.9. The van der Waals surface area contributed by atoms with Crippen LogP contribution in [0.5, 0.6) is 0 Å². The van der Waals surface area contributed by atoms with E-state index in [1.54, 1.807) is 4.90 Å².